The Balaban J connectivity index is 2.14. The molecule has 1 aliphatic rings. The molecule has 80 valence electrons. The first-order valence-corrected chi connectivity index (χ1v) is 4.96. The number of nitrogens with zero attached hydrogens (tertiary/aromatic N) is 2. The van der Waals surface area contributed by atoms with E-state index in [-0.39, 0.29) is 11.0 Å². The highest BCUT2D eigenvalue weighted by Crippen LogP contribution is 2.40. The second-order valence-corrected chi connectivity index (χ2v) is 3.47. The molecule has 1 aliphatic heterocycles. The first-order chi connectivity index (χ1) is 7.25. The van der Waals surface area contributed by atoms with Crippen LogP contribution in [-0.4, -0.2) is 22.6 Å². The van der Waals surface area contributed by atoms with Gasteiger partial charge in [-0.25, -0.2) is 5.43 Å². The second kappa shape index (κ2) is 3.96. The highest BCUT2D eigenvalue weighted by Gasteiger charge is 2.59. The Kier molecular flexibility index (Phi) is 2.66. The van der Waals surface area contributed by atoms with Crippen LogP contribution in [0.15, 0.2) is 30.3 Å². The summed E-state index contributed by atoms with van der Waals surface area (Å²) in [5, 5.41) is 12.4. The van der Waals surface area contributed by atoms with Gasteiger partial charge in [-0.3, -0.25) is 10.1 Å². The smallest absolute Gasteiger partial charge is 0.263 e. The van der Waals surface area contributed by atoms with Crippen LogP contribution in [0.5, 0.6) is 0 Å². The maximum atomic E-state index is 10.8. The molecule has 1 heterocycles. The molecule has 1 fully saturated rings. The standard InChI is InChI=1S/C10H13N3O2/c1-2-11-12-9(10(12)13(14)15)8-6-4-3-5-7-8/h3-7,9-11H,2H2,1H3/t9-,10-,12?/m1/s1. The molecule has 2 rings (SSSR count). The summed E-state index contributed by atoms with van der Waals surface area (Å²) in [4.78, 5) is 10.5. The van der Waals surface area contributed by atoms with Crippen LogP contribution in [0.25, 0.3) is 0 Å². The van der Waals surface area contributed by atoms with Gasteiger partial charge in [0.2, 0.25) is 0 Å². The Morgan fingerprint density at radius 2 is 2.13 bits per heavy atom. The van der Waals surface area contributed by atoms with Gasteiger partial charge in [0.05, 0.1) is 0 Å². The van der Waals surface area contributed by atoms with Crippen molar-refractivity contribution in [2.45, 2.75) is 19.1 Å². The molecule has 5 nitrogen and oxygen atoms in total. The number of hydrogen-bond acceptors (Lipinski definition) is 4. The summed E-state index contributed by atoms with van der Waals surface area (Å²) in [6, 6.07) is 9.41. The van der Waals surface area contributed by atoms with E-state index < -0.39 is 6.17 Å². The average molecular weight is 207 g/mol. The Morgan fingerprint density at radius 3 is 2.67 bits per heavy atom. The first-order valence-electron chi connectivity index (χ1n) is 4.96. The lowest BCUT2D eigenvalue weighted by Gasteiger charge is -1.99. The molecule has 3 atom stereocenters. The van der Waals surface area contributed by atoms with Gasteiger partial charge in [-0.15, -0.1) is 0 Å². The van der Waals surface area contributed by atoms with Crippen molar-refractivity contribution >= 4 is 0 Å². The van der Waals surface area contributed by atoms with E-state index in [1.807, 2.05) is 37.3 Å². The molecule has 0 amide bonds. The Bertz CT molecular complexity index is 355. The van der Waals surface area contributed by atoms with Crippen molar-refractivity contribution in [3.63, 3.8) is 0 Å². The monoisotopic (exact) mass is 207 g/mol. The minimum absolute atomic E-state index is 0.124. The zero-order valence-corrected chi connectivity index (χ0v) is 8.46. The van der Waals surface area contributed by atoms with Crippen LogP contribution in [0.4, 0.5) is 0 Å². The summed E-state index contributed by atoms with van der Waals surface area (Å²) < 4.78 is 0. The molecule has 1 saturated heterocycles. The molecule has 0 aromatic heterocycles. The summed E-state index contributed by atoms with van der Waals surface area (Å²) in [5.74, 6) is 0. The molecule has 5 heteroatoms. The van der Waals surface area contributed by atoms with Gasteiger partial charge < -0.3 is 0 Å². The number of nitro groups is 1. The molecule has 1 aromatic carbocycles. The van der Waals surface area contributed by atoms with Gasteiger partial charge >= 0.3 is 6.17 Å². The molecular formula is C10H13N3O2. The van der Waals surface area contributed by atoms with Gasteiger partial charge in [0, 0.05) is 11.5 Å². The van der Waals surface area contributed by atoms with Crippen molar-refractivity contribution in [2.75, 3.05) is 6.54 Å². The van der Waals surface area contributed by atoms with Crippen molar-refractivity contribution in [3.05, 3.63) is 46.0 Å². The molecule has 0 aliphatic carbocycles. The minimum Gasteiger partial charge on any atom is -0.263 e. The van der Waals surface area contributed by atoms with Crippen LogP contribution >= 0.6 is 0 Å². The van der Waals surface area contributed by atoms with E-state index in [1.54, 1.807) is 5.01 Å². The van der Waals surface area contributed by atoms with E-state index in [0.29, 0.717) is 6.54 Å². The zero-order chi connectivity index (χ0) is 10.8. The zero-order valence-electron chi connectivity index (χ0n) is 8.46. The number of rotatable bonds is 4. The Hall–Kier alpha value is -1.46. The number of nitrogens with one attached hydrogen (secondary N) is 1. The minimum atomic E-state index is -0.618. The topological polar surface area (TPSA) is 58.2 Å². The van der Waals surface area contributed by atoms with Crippen molar-refractivity contribution in [1.82, 2.24) is 10.4 Å². The second-order valence-electron chi connectivity index (χ2n) is 3.47. The third-order valence-corrected chi connectivity index (χ3v) is 2.48. The highest BCUT2D eigenvalue weighted by atomic mass is 16.6. The maximum absolute atomic E-state index is 10.8. The summed E-state index contributed by atoms with van der Waals surface area (Å²) in [6.45, 7) is 2.63. The van der Waals surface area contributed by atoms with Gasteiger partial charge in [-0.2, -0.15) is 5.01 Å². The lowest BCUT2D eigenvalue weighted by Crippen LogP contribution is -2.25. The van der Waals surface area contributed by atoms with Crippen LogP contribution in [0, 0.1) is 10.1 Å². The van der Waals surface area contributed by atoms with Crippen LogP contribution in [0.3, 0.4) is 0 Å². The third-order valence-electron chi connectivity index (χ3n) is 2.48. The molecule has 1 N–H and O–H groups in total. The average Bonchev–Trinajstić information content (AvgIpc) is 2.94. The van der Waals surface area contributed by atoms with Crippen molar-refractivity contribution in [3.8, 4) is 0 Å². The van der Waals surface area contributed by atoms with Crippen molar-refractivity contribution < 1.29 is 4.92 Å². The van der Waals surface area contributed by atoms with Crippen LogP contribution < -0.4 is 5.43 Å². The van der Waals surface area contributed by atoms with E-state index in [0.717, 1.165) is 5.56 Å². The molecule has 0 saturated carbocycles. The number of hydrazine groups is 1. The van der Waals surface area contributed by atoms with Gasteiger partial charge in [-0.1, -0.05) is 37.3 Å². The summed E-state index contributed by atoms with van der Waals surface area (Å²) in [5.41, 5.74) is 3.98. The Morgan fingerprint density at radius 1 is 1.47 bits per heavy atom. The fourth-order valence-electron chi connectivity index (χ4n) is 1.79. The van der Waals surface area contributed by atoms with Crippen LogP contribution in [-0.2, 0) is 0 Å². The summed E-state index contributed by atoms with van der Waals surface area (Å²) in [6.07, 6.45) is -0.618. The van der Waals surface area contributed by atoms with Gasteiger partial charge in [0.1, 0.15) is 6.04 Å². The molecule has 1 unspecified atom stereocenters. The van der Waals surface area contributed by atoms with Crippen LogP contribution in [0.2, 0.25) is 0 Å². The molecule has 0 spiro atoms. The fourth-order valence-corrected chi connectivity index (χ4v) is 1.79. The normalized spacial score (nSPS) is 28.7. The van der Waals surface area contributed by atoms with E-state index in [4.69, 9.17) is 0 Å². The SMILES string of the molecule is CCNN1[C@H](c2ccccc2)[C@H]1[N+](=O)[O-]. The van der Waals surface area contributed by atoms with E-state index in [9.17, 15) is 10.1 Å². The lowest BCUT2D eigenvalue weighted by molar-refractivity contribution is -0.508. The van der Waals surface area contributed by atoms with Crippen molar-refractivity contribution in [1.29, 1.82) is 0 Å². The molecule has 0 radical (unpaired) electrons. The predicted octanol–water partition coefficient (Wildman–Crippen LogP) is 1.17. The fraction of sp³-hybridized carbons (Fsp3) is 0.400. The van der Waals surface area contributed by atoms with E-state index in [2.05, 4.69) is 5.43 Å². The van der Waals surface area contributed by atoms with E-state index >= 15 is 0 Å². The first kappa shape index (κ1) is 10.1. The molecule has 1 aromatic rings. The molecular weight excluding hydrogens is 194 g/mol. The maximum Gasteiger partial charge on any atom is 0.302 e. The summed E-state index contributed by atoms with van der Waals surface area (Å²) >= 11 is 0. The van der Waals surface area contributed by atoms with Gasteiger partial charge in [-0.05, 0) is 5.56 Å². The highest BCUT2D eigenvalue weighted by molar-refractivity contribution is 5.24. The lowest BCUT2D eigenvalue weighted by atomic mass is 10.1. The number of hydrogen-bond donors (Lipinski definition) is 1. The van der Waals surface area contributed by atoms with Crippen molar-refractivity contribution in [2.24, 2.45) is 0 Å². The van der Waals surface area contributed by atoms with Crippen LogP contribution in [0.1, 0.15) is 18.5 Å². The third kappa shape index (κ3) is 1.84. The van der Waals surface area contributed by atoms with Gasteiger partial charge in [0.15, 0.2) is 0 Å². The number of benzene rings is 1. The largest absolute Gasteiger partial charge is 0.302 e. The Labute approximate surface area is 87.8 Å². The van der Waals surface area contributed by atoms with Gasteiger partial charge in [0.25, 0.3) is 0 Å². The summed E-state index contributed by atoms with van der Waals surface area (Å²) in [7, 11) is 0. The quantitative estimate of drug-likeness (QED) is 0.457. The van der Waals surface area contributed by atoms with E-state index in [1.165, 1.54) is 0 Å². The molecule has 0 bridgehead atoms. The molecule has 15 heavy (non-hydrogen) atoms. The predicted molar refractivity (Wildman–Crippen MR) is 55.5 cm³/mol.